The molecule has 0 saturated heterocycles. The molecule has 0 fully saturated rings. The highest BCUT2D eigenvalue weighted by atomic mass is 35.6. The molecule has 0 radical (unpaired) electrons. The zero-order chi connectivity index (χ0) is 18.8. The molecule has 0 bridgehead atoms. The quantitative estimate of drug-likeness (QED) is 0.697. The number of aryl methyl sites for hydroxylation is 1. The molecule has 1 heterocycles. The fourth-order valence-electron chi connectivity index (χ4n) is 2.18. The van der Waals surface area contributed by atoms with Gasteiger partial charge in [-0.1, -0.05) is 67.7 Å². The van der Waals surface area contributed by atoms with Crippen LogP contribution in [0.25, 0.3) is 5.69 Å². The summed E-state index contributed by atoms with van der Waals surface area (Å²) in [6.45, 7) is 8.04. The van der Waals surface area contributed by atoms with E-state index in [9.17, 15) is 4.79 Å². The van der Waals surface area contributed by atoms with Gasteiger partial charge in [-0.15, -0.1) is 0 Å². The Morgan fingerprint density at radius 3 is 2.52 bits per heavy atom. The lowest BCUT2D eigenvalue weighted by Crippen LogP contribution is -2.22. The minimum atomic E-state index is -1.66. The molecule has 1 amide bonds. The van der Waals surface area contributed by atoms with Gasteiger partial charge in [0.25, 0.3) is 0 Å². The second kappa shape index (κ2) is 7.44. The Labute approximate surface area is 162 Å². The van der Waals surface area contributed by atoms with Gasteiger partial charge in [0.05, 0.1) is 11.9 Å². The molecular formula is C17H20Cl3N3O2. The molecule has 1 aromatic heterocycles. The molecule has 25 heavy (non-hydrogen) atoms. The van der Waals surface area contributed by atoms with Crippen molar-refractivity contribution in [3.63, 3.8) is 0 Å². The van der Waals surface area contributed by atoms with Crippen LogP contribution < -0.4 is 5.32 Å². The van der Waals surface area contributed by atoms with Crippen LogP contribution in [0.1, 0.15) is 31.9 Å². The third-order valence-electron chi connectivity index (χ3n) is 3.54. The number of alkyl halides is 3. The number of halogens is 3. The summed E-state index contributed by atoms with van der Waals surface area (Å²) < 4.78 is 4.87. The van der Waals surface area contributed by atoms with Crippen molar-refractivity contribution in [1.82, 2.24) is 9.78 Å². The number of aromatic nitrogens is 2. The third-order valence-corrected chi connectivity index (χ3v) is 3.87. The summed E-state index contributed by atoms with van der Waals surface area (Å²) in [6.07, 6.45) is 0.867. The molecule has 5 nitrogen and oxygen atoms in total. The lowest BCUT2D eigenvalue weighted by Gasteiger charge is -2.21. The summed E-state index contributed by atoms with van der Waals surface area (Å²) in [5, 5.41) is 6.91. The van der Waals surface area contributed by atoms with Gasteiger partial charge in [0, 0.05) is 6.07 Å². The maximum absolute atomic E-state index is 11.9. The molecule has 0 aliphatic rings. The zero-order valence-corrected chi connectivity index (χ0v) is 16.7. The average molecular weight is 405 g/mol. The Kier molecular flexibility index (Phi) is 5.92. The summed E-state index contributed by atoms with van der Waals surface area (Å²) in [6, 6.07) is 7.84. The largest absolute Gasteiger partial charge is 0.445 e. The predicted octanol–water partition coefficient (Wildman–Crippen LogP) is 5.40. The van der Waals surface area contributed by atoms with Crippen LogP contribution in [0, 0.1) is 6.92 Å². The number of hydrogen-bond acceptors (Lipinski definition) is 3. The number of anilines is 1. The molecule has 0 aliphatic carbocycles. The van der Waals surface area contributed by atoms with Crippen molar-refractivity contribution >= 4 is 46.7 Å². The van der Waals surface area contributed by atoms with E-state index in [1.807, 2.05) is 13.0 Å². The highest BCUT2D eigenvalue weighted by Crippen LogP contribution is 2.28. The van der Waals surface area contributed by atoms with Gasteiger partial charge in [-0.05, 0) is 29.5 Å². The number of nitrogens with one attached hydrogen (secondary N) is 1. The molecule has 0 spiro atoms. The summed E-state index contributed by atoms with van der Waals surface area (Å²) in [7, 11) is 0. The Morgan fingerprint density at radius 2 is 1.92 bits per heavy atom. The summed E-state index contributed by atoms with van der Waals surface area (Å²) in [5.41, 5.74) is 3.05. The van der Waals surface area contributed by atoms with Gasteiger partial charge in [0.15, 0.2) is 0 Å². The minimum absolute atomic E-state index is 0.00744. The molecule has 1 N–H and O–H groups in total. The highest BCUT2D eigenvalue weighted by molar-refractivity contribution is 6.67. The summed E-state index contributed by atoms with van der Waals surface area (Å²) in [4.78, 5) is 11.9. The van der Waals surface area contributed by atoms with E-state index in [0.717, 1.165) is 16.8 Å². The van der Waals surface area contributed by atoms with Crippen molar-refractivity contribution in [3.8, 4) is 5.69 Å². The number of benzene rings is 1. The third kappa shape index (κ3) is 5.53. The van der Waals surface area contributed by atoms with Gasteiger partial charge in [-0.2, -0.15) is 5.10 Å². The van der Waals surface area contributed by atoms with E-state index in [-0.39, 0.29) is 12.0 Å². The number of nitrogens with zero attached hydrogens (tertiary/aromatic N) is 2. The molecule has 0 atom stereocenters. The first-order valence-corrected chi connectivity index (χ1v) is 8.77. The van der Waals surface area contributed by atoms with Crippen molar-refractivity contribution in [2.75, 3.05) is 11.9 Å². The topological polar surface area (TPSA) is 56.2 Å². The zero-order valence-electron chi connectivity index (χ0n) is 14.4. The standard InChI is InChI=1S/C17H20Cl3N3O2/c1-11-5-6-12(16(2,3)4)9-13(11)23-14(7-8-21-23)22-15(24)25-10-17(18,19)20/h5-9H,10H2,1-4H3,(H,22,24). The Morgan fingerprint density at radius 1 is 1.24 bits per heavy atom. The minimum Gasteiger partial charge on any atom is -0.445 e. The lowest BCUT2D eigenvalue weighted by atomic mass is 9.86. The second-order valence-electron chi connectivity index (χ2n) is 6.70. The first kappa shape index (κ1) is 19.9. The van der Waals surface area contributed by atoms with Gasteiger partial charge >= 0.3 is 6.09 Å². The number of carbonyl (C=O) groups excluding carboxylic acids is 1. The van der Waals surface area contributed by atoms with Gasteiger partial charge in [-0.25, -0.2) is 9.48 Å². The van der Waals surface area contributed by atoms with E-state index in [2.05, 4.69) is 43.3 Å². The monoisotopic (exact) mass is 403 g/mol. The average Bonchev–Trinajstić information content (AvgIpc) is 2.91. The fraction of sp³-hybridized carbons (Fsp3) is 0.412. The van der Waals surface area contributed by atoms with E-state index in [1.165, 1.54) is 0 Å². The lowest BCUT2D eigenvalue weighted by molar-refractivity contribution is 0.163. The van der Waals surface area contributed by atoms with Crippen LogP contribution in [0.4, 0.5) is 10.6 Å². The molecule has 2 rings (SSSR count). The molecule has 136 valence electrons. The van der Waals surface area contributed by atoms with E-state index in [0.29, 0.717) is 5.82 Å². The SMILES string of the molecule is Cc1ccc(C(C)(C)C)cc1-n1nccc1NC(=O)OCC(Cl)(Cl)Cl. The van der Waals surface area contributed by atoms with Crippen LogP contribution in [0.2, 0.25) is 0 Å². The molecule has 2 aromatic rings. The van der Waals surface area contributed by atoms with Crippen LogP contribution in [0.15, 0.2) is 30.5 Å². The van der Waals surface area contributed by atoms with Crippen LogP contribution in [0.3, 0.4) is 0 Å². The summed E-state index contributed by atoms with van der Waals surface area (Å²) in [5.74, 6) is 0.462. The molecule has 1 aromatic carbocycles. The highest BCUT2D eigenvalue weighted by Gasteiger charge is 2.23. The Bertz CT molecular complexity index is 761. The van der Waals surface area contributed by atoms with E-state index >= 15 is 0 Å². The predicted molar refractivity (Wildman–Crippen MR) is 102 cm³/mol. The first-order valence-electron chi connectivity index (χ1n) is 7.63. The van der Waals surface area contributed by atoms with Crippen LogP contribution >= 0.6 is 34.8 Å². The van der Waals surface area contributed by atoms with Crippen LogP contribution in [-0.4, -0.2) is 26.3 Å². The van der Waals surface area contributed by atoms with Gasteiger partial charge in [-0.3, -0.25) is 5.32 Å². The molecule has 0 aliphatic heterocycles. The molecular weight excluding hydrogens is 385 g/mol. The molecule has 0 unspecified atom stereocenters. The normalized spacial score (nSPS) is 12.1. The van der Waals surface area contributed by atoms with Crippen molar-refractivity contribution in [2.24, 2.45) is 0 Å². The van der Waals surface area contributed by atoms with Crippen molar-refractivity contribution in [2.45, 2.75) is 36.9 Å². The Balaban J connectivity index is 2.26. The van der Waals surface area contributed by atoms with Crippen molar-refractivity contribution in [1.29, 1.82) is 0 Å². The first-order chi connectivity index (χ1) is 11.5. The van der Waals surface area contributed by atoms with Crippen molar-refractivity contribution < 1.29 is 9.53 Å². The second-order valence-corrected chi connectivity index (χ2v) is 9.21. The van der Waals surface area contributed by atoms with Gasteiger partial charge < -0.3 is 4.74 Å². The van der Waals surface area contributed by atoms with E-state index < -0.39 is 9.89 Å². The number of carbonyl (C=O) groups is 1. The number of ether oxygens (including phenoxy) is 1. The van der Waals surface area contributed by atoms with Gasteiger partial charge in [0.1, 0.15) is 12.4 Å². The summed E-state index contributed by atoms with van der Waals surface area (Å²) >= 11 is 16.7. The van der Waals surface area contributed by atoms with Crippen LogP contribution in [-0.2, 0) is 10.2 Å². The fourth-order valence-corrected chi connectivity index (χ4v) is 2.35. The maximum Gasteiger partial charge on any atom is 0.412 e. The number of hydrogen-bond donors (Lipinski definition) is 1. The van der Waals surface area contributed by atoms with Gasteiger partial charge in [0.2, 0.25) is 3.79 Å². The Hall–Kier alpha value is -1.43. The number of amides is 1. The van der Waals surface area contributed by atoms with E-state index in [4.69, 9.17) is 39.5 Å². The number of rotatable bonds is 3. The van der Waals surface area contributed by atoms with Crippen LogP contribution in [0.5, 0.6) is 0 Å². The van der Waals surface area contributed by atoms with E-state index in [1.54, 1.807) is 16.9 Å². The smallest absolute Gasteiger partial charge is 0.412 e. The molecule has 8 heteroatoms. The van der Waals surface area contributed by atoms with Crippen molar-refractivity contribution in [3.05, 3.63) is 41.6 Å². The molecule has 0 saturated carbocycles. The maximum atomic E-state index is 11.9.